The normalized spacial score (nSPS) is 22.4. The van der Waals surface area contributed by atoms with Gasteiger partial charge in [0, 0.05) is 26.2 Å². The molecular formula is C18H25BrN2O3. The summed E-state index contributed by atoms with van der Waals surface area (Å²) in [5, 5.41) is 0. The highest BCUT2D eigenvalue weighted by Crippen LogP contribution is 2.27. The van der Waals surface area contributed by atoms with Crippen LogP contribution >= 0.6 is 15.9 Å². The molecule has 6 heteroatoms. The average Bonchev–Trinajstić information content (AvgIpc) is 2.62. The zero-order valence-corrected chi connectivity index (χ0v) is 15.8. The van der Waals surface area contributed by atoms with Gasteiger partial charge in [-0.05, 0) is 53.0 Å². The highest BCUT2D eigenvalue weighted by atomic mass is 79.9. The van der Waals surface area contributed by atoms with Gasteiger partial charge in [-0.2, -0.15) is 0 Å². The van der Waals surface area contributed by atoms with Gasteiger partial charge < -0.3 is 14.4 Å². The van der Waals surface area contributed by atoms with Gasteiger partial charge in [0.05, 0.1) is 30.7 Å². The van der Waals surface area contributed by atoms with Crippen LogP contribution in [0.4, 0.5) is 0 Å². The smallest absolute Gasteiger partial charge is 0.227 e. The van der Waals surface area contributed by atoms with Crippen molar-refractivity contribution < 1.29 is 14.3 Å². The van der Waals surface area contributed by atoms with E-state index in [4.69, 9.17) is 9.47 Å². The number of methoxy groups -OCH3 is 1. The number of nitrogens with zero attached hydrogens (tertiary/aromatic N) is 2. The summed E-state index contributed by atoms with van der Waals surface area (Å²) < 4.78 is 11.6. The molecule has 2 saturated heterocycles. The second kappa shape index (κ2) is 8.32. The first kappa shape index (κ1) is 17.7. The van der Waals surface area contributed by atoms with Crippen molar-refractivity contribution >= 4 is 21.8 Å². The fourth-order valence-electron chi connectivity index (χ4n) is 3.51. The van der Waals surface area contributed by atoms with E-state index in [0.717, 1.165) is 55.8 Å². The molecule has 0 N–H and O–H groups in total. The van der Waals surface area contributed by atoms with E-state index in [1.807, 2.05) is 11.0 Å². The number of ether oxygens (including phenoxy) is 2. The Morgan fingerprint density at radius 1 is 1.33 bits per heavy atom. The summed E-state index contributed by atoms with van der Waals surface area (Å²) >= 11 is 3.54. The molecule has 0 aromatic heterocycles. The number of likely N-dealkylation sites (tertiary alicyclic amines) is 1. The second-order valence-electron chi connectivity index (χ2n) is 6.48. The number of carbonyl (C=O) groups is 1. The van der Waals surface area contributed by atoms with Crippen LogP contribution in [-0.4, -0.2) is 62.2 Å². The van der Waals surface area contributed by atoms with Crippen LogP contribution < -0.4 is 4.74 Å². The predicted molar refractivity (Wildman–Crippen MR) is 96.1 cm³/mol. The number of benzene rings is 1. The van der Waals surface area contributed by atoms with E-state index in [1.54, 1.807) is 7.11 Å². The summed E-state index contributed by atoms with van der Waals surface area (Å²) in [6.07, 6.45) is 2.08. The molecule has 3 rings (SSSR count). The van der Waals surface area contributed by atoms with Crippen molar-refractivity contribution in [2.45, 2.75) is 19.4 Å². The standard InChI is InChI=1S/C18H25BrN2O3/c1-23-17-5-4-14(11-16(17)19)12-20-6-2-3-15(13-20)18(22)21-7-9-24-10-8-21/h4-5,11,15H,2-3,6-10,12-13H2,1H3/t15-/m1/s1. The Labute approximate surface area is 152 Å². The molecule has 2 fully saturated rings. The molecule has 1 aromatic rings. The summed E-state index contributed by atoms with van der Waals surface area (Å²) in [5.41, 5.74) is 1.24. The van der Waals surface area contributed by atoms with E-state index in [-0.39, 0.29) is 5.92 Å². The Balaban J connectivity index is 1.59. The molecule has 0 unspecified atom stereocenters. The first-order chi connectivity index (χ1) is 11.7. The highest BCUT2D eigenvalue weighted by Gasteiger charge is 2.30. The van der Waals surface area contributed by atoms with Gasteiger partial charge in [0.25, 0.3) is 0 Å². The molecule has 0 saturated carbocycles. The molecule has 0 aliphatic carbocycles. The molecule has 0 radical (unpaired) electrons. The minimum absolute atomic E-state index is 0.124. The van der Waals surface area contributed by atoms with Crippen LogP contribution in [0.3, 0.4) is 0 Å². The maximum atomic E-state index is 12.7. The lowest BCUT2D eigenvalue weighted by Gasteiger charge is -2.36. The first-order valence-electron chi connectivity index (χ1n) is 8.58. The Kier molecular flexibility index (Phi) is 6.14. The van der Waals surface area contributed by atoms with E-state index >= 15 is 0 Å². The van der Waals surface area contributed by atoms with Crippen molar-refractivity contribution in [3.63, 3.8) is 0 Å². The van der Waals surface area contributed by atoms with Gasteiger partial charge in [-0.3, -0.25) is 9.69 Å². The number of morpholine rings is 1. The van der Waals surface area contributed by atoms with Crippen molar-refractivity contribution in [2.75, 3.05) is 46.5 Å². The van der Waals surface area contributed by atoms with Gasteiger partial charge >= 0.3 is 0 Å². The van der Waals surface area contributed by atoms with Crippen LogP contribution in [0.1, 0.15) is 18.4 Å². The van der Waals surface area contributed by atoms with Crippen LogP contribution in [0.25, 0.3) is 0 Å². The van der Waals surface area contributed by atoms with E-state index in [2.05, 4.69) is 33.0 Å². The fourth-order valence-corrected chi connectivity index (χ4v) is 4.10. The summed E-state index contributed by atoms with van der Waals surface area (Å²) in [6, 6.07) is 6.18. The summed E-state index contributed by atoms with van der Waals surface area (Å²) in [7, 11) is 1.67. The minimum atomic E-state index is 0.124. The lowest BCUT2D eigenvalue weighted by atomic mass is 9.96. The molecular weight excluding hydrogens is 372 g/mol. The van der Waals surface area contributed by atoms with Crippen molar-refractivity contribution in [1.29, 1.82) is 0 Å². The predicted octanol–water partition coefficient (Wildman–Crippen LogP) is 2.53. The highest BCUT2D eigenvalue weighted by molar-refractivity contribution is 9.10. The molecule has 1 atom stereocenters. The minimum Gasteiger partial charge on any atom is -0.496 e. The average molecular weight is 397 g/mol. The third-order valence-corrected chi connectivity index (χ3v) is 5.42. The molecule has 1 amide bonds. The van der Waals surface area contributed by atoms with Gasteiger partial charge in [-0.1, -0.05) is 6.07 Å². The van der Waals surface area contributed by atoms with Gasteiger partial charge in [0.15, 0.2) is 0 Å². The lowest BCUT2D eigenvalue weighted by molar-refractivity contribution is -0.141. The Bertz CT molecular complexity index is 575. The SMILES string of the molecule is COc1ccc(CN2CCC[C@@H](C(=O)N3CCOCC3)C2)cc1Br. The van der Waals surface area contributed by atoms with Crippen molar-refractivity contribution in [3.05, 3.63) is 28.2 Å². The monoisotopic (exact) mass is 396 g/mol. The topological polar surface area (TPSA) is 42.0 Å². The summed E-state index contributed by atoms with van der Waals surface area (Å²) in [4.78, 5) is 17.1. The lowest BCUT2D eigenvalue weighted by Crippen LogP contribution is -2.48. The van der Waals surface area contributed by atoms with Crippen LogP contribution in [0.2, 0.25) is 0 Å². The zero-order chi connectivity index (χ0) is 16.9. The second-order valence-corrected chi connectivity index (χ2v) is 7.34. The van der Waals surface area contributed by atoms with Crippen molar-refractivity contribution in [1.82, 2.24) is 9.80 Å². The third-order valence-electron chi connectivity index (χ3n) is 4.80. The molecule has 2 heterocycles. The summed E-state index contributed by atoms with van der Waals surface area (Å²) in [6.45, 7) is 5.58. The number of hydrogen-bond donors (Lipinski definition) is 0. The molecule has 5 nitrogen and oxygen atoms in total. The number of amides is 1. The van der Waals surface area contributed by atoms with Gasteiger partial charge in [-0.15, -0.1) is 0 Å². The molecule has 132 valence electrons. The number of rotatable bonds is 4. The fraction of sp³-hybridized carbons (Fsp3) is 0.611. The largest absolute Gasteiger partial charge is 0.496 e. The van der Waals surface area contributed by atoms with Gasteiger partial charge in [0.2, 0.25) is 5.91 Å². The van der Waals surface area contributed by atoms with Gasteiger partial charge in [0.1, 0.15) is 5.75 Å². The van der Waals surface area contributed by atoms with Gasteiger partial charge in [-0.25, -0.2) is 0 Å². The van der Waals surface area contributed by atoms with Crippen LogP contribution in [0.5, 0.6) is 5.75 Å². The third kappa shape index (κ3) is 4.29. The van der Waals surface area contributed by atoms with E-state index in [1.165, 1.54) is 5.56 Å². The number of halogens is 1. The molecule has 1 aromatic carbocycles. The zero-order valence-electron chi connectivity index (χ0n) is 14.2. The van der Waals surface area contributed by atoms with Crippen molar-refractivity contribution in [2.24, 2.45) is 5.92 Å². The van der Waals surface area contributed by atoms with Crippen LogP contribution in [-0.2, 0) is 16.1 Å². The number of hydrogen-bond acceptors (Lipinski definition) is 4. The van der Waals surface area contributed by atoms with Crippen LogP contribution in [0.15, 0.2) is 22.7 Å². The molecule has 2 aliphatic heterocycles. The molecule has 2 aliphatic rings. The Morgan fingerprint density at radius 3 is 2.83 bits per heavy atom. The maximum absolute atomic E-state index is 12.7. The number of carbonyl (C=O) groups excluding carboxylic acids is 1. The van der Waals surface area contributed by atoms with E-state index in [9.17, 15) is 4.79 Å². The quantitative estimate of drug-likeness (QED) is 0.783. The Hall–Kier alpha value is -1.11. The summed E-state index contributed by atoms with van der Waals surface area (Å²) in [5.74, 6) is 1.27. The Morgan fingerprint density at radius 2 is 2.12 bits per heavy atom. The van der Waals surface area contributed by atoms with Crippen LogP contribution in [0, 0.1) is 5.92 Å². The maximum Gasteiger partial charge on any atom is 0.227 e. The molecule has 24 heavy (non-hydrogen) atoms. The van der Waals surface area contributed by atoms with Crippen molar-refractivity contribution in [3.8, 4) is 5.75 Å². The first-order valence-corrected chi connectivity index (χ1v) is 9.38. The molecule has 0 spiro atoms. The van der Waals surface area contributed by atoms with E-state index in [0.29, 0.717) is 19.1 Å². The van der Waals surface area contributed by atoms with E-state index < -0.39 is 0 Å². The molecule has 0 bridgehead atoms. The number of piperidine rings is 1.